The van der Waals surface area contributed by atoms with E-state index in [1.54, 1.807) is 0 Å². The summed E-state index contributed by atoms with van der Waals surface area (Å²) in [5.41, 5.74) is 1.14. The highest BCUT2D eigenvalue weighted by Crippen LogP contribution is 2.55. The summed E-state index contributed by atoms with van der Waals surface area (Å²) < 4.78 is 5.38. The fourth-order valence-electron chi connectivity index (χ4n) is 7.24. The van der Waals surface area contributed by atoms with Gasteiger partial charge in [0.2, 0.25) is 0 Å². The summed E-state index contributed by atoms with van der Waals surface area (Å²) in [7, 11) is 0. The molecule has 0 aliphatic heterocycles. The first-order valence-corrected chi connectivity index (χ1v) is 14.1. The van der Waals surface area contributed by atoms with Gasteiger partial charge in [-0.3, -0.25) is 0 Å². The minimum Gasteiger partial charge on any atom is -0.450 e. The Hall–Kier alpha value is -0.500. The van der Waals surface area contributed by atoms with Gasteiger partial charge in [-0.15, -0.1) is 0 Å². The number of carbonyl (C=O) groups excluding carboxylic acids is 1. The molecule has 0 radical (unpaired) electrons. The van der Waals surface area contributed by atoms with Crippen molar-refractivity contribution < 1.29 is 9.53 Å². The quantitative estimate of drug-likeness (QED) is 0.211. The molecule has 3 heteroatoms. The normalized spacial score (nSPS) is 30.9. The van der Waals surface area contributed by atoms with Gasteiger partial charge in [-0.05, 0) is 66.6 Å². The molecular weight excluding hydrogens is 416 g/mol. The number of halogens is 1. The summed E-state index contributed by atoms with van der Waals surface area (Å²) in [6.07, 6.45) is 15.9. The van der Waals surface area contributed by atoms with Gasteiger partial charge in [0.15, 0.2) is 0 Å². The fourth-order valence-corrected chi connectivity index (χ4v) is 7.37. The van der Waals surface area contributed by atoms with Crippen LogP contribution in [0, 0.1) is 40.9 Å². The number of hydrogen-bond donors (Lipinski definition) is 0. The second-order valence-electron chi connectivity index (χ2n) is 11.8. The van der Waals surface area contributed by atoms with E-state index < -0.39 is 5.43 Å². The van der Waals surface area contributed by atoms with Crippen LogP contribution in [-0.4, -0.2) is 11.5 Å². The molecule has 0 heterocycles. The maximum atomic E-state index is 11.3. The molecule has 0 spiro atoms. The average Bonchev–Trinajstić information content (AvgIpc) is 2.72. The second-order valence-corrected chi connectivity index (χ2v) is 12.1. The summed E-state index contributed by atoms with van der Waals surface area (Å²) >= 11 is 5.52. The van der Waals surface area contributed by atoms with Gasteiger partial charge in [0, 0.05) is 18.0 Å². The zero-order valence-corrected chi connectivity index (χ0v) is 22.8. The standard InChI is InChI=1S/C29H51ClO2/c1-8-23-14-15-24-19-25(32-28(30)31)17-18-29(24,7)27(23)16-13-22(6)26(9-2)21(5)12-10-11-20(3)4/h15,20-23,25-27H,8-14,16-19H2,1-7H3. The molecule has 32 heavy (non-hydrogen) atoms. The Balaban J connectivity index is 2.01. The van der Waals surface area contributed by atoms with Crippen LogP contribution in [0.25, 0.3) is 0 Å². The van der Waals surface area contributed by atoms with E-state index in [0.717, 1.165) is 54.8 Å². The van der Waals surface area contributed by atoms with Crippen LogP contribution in [0.2, 0.25) is 0 Å². The number of carbonyl (C=O) groups is 1. The van der Waals surface area contributed by atoms with Gasteiger partial charge in [-0.25, -0.2) is 4.79 Å². The molecule has 0 N–H and O–H groups in total. The first-order chi connectivity index (χ1) is 15.1. The van der Waals surface area contributed by atoms with Gasteiger partial charge in [0.25, 0.3) is 0 Å². The van der Waals surface area contributed by atoms with Crippen molar-refractivity contribution in [2.24, 2.45) is 40.9 Å². The molecule has 2 nitrogen and oxygen atoms in total. The summed E-state index contributed by atoms with van der Waals surface area (Å²) in [6, 6.07) is 0. The number of ether oxygens (including phenoxy) is 1. The first-order valence-electron chi connectivity index (χ1n) is 13.7. The van der Waals surface area contributed by atoms with E-state index in [2.05, 4.69) is 54.5 Å². The van der Waals surface area contributed by atoms with Crippen molar-refractivity contribution in [3.05, 3.63) is 11.6 Å². The van der Waals surface area contributed by atoms with Crippen molar-refractivity contribution in [2.75, 3.05) is 0 Å². The Bertz CT molecular complexity index is 612. The zero-order chi connectivity index (χ0) is 23.9. The lowest BCUT2D eigenvalue weighted by Gasteiger charge is -2.51. The van der Waals surface area contributed by atoms with E-state index in [1.165, 1.54) is 56.9 Å². The summed E-state index contributed by atoms with van der Waals surface area (Å²) in [5, 5.41) is 0. The number of allylic oxidation sites excluding steroid dienone is 1. The van der Waals surface area contributed by atoms with Gasteiger partial charge in [0.1, 0.15) is 6.10 Å². The lowest BCUT2D eigenvalue weighted by atomic mass is 9.55. The SMILES string of the molecule is CCC1CC=C2CC(OC(=O)Cl)CCC2(C)C1CCC(C)C(CC)C(C)CCCC(C)C. The summed E-state index contributed by atoms with van der Waals surface area (Å²) in [6.45, 7) is 17.0. The molecule has 1 saturated carbocycles. The third-order valence-electron chi connectivity index (χ3n) is 9.31. The van der Waals surface area contributed by atoms with Crippen LogP contribution in [0.1, 0.15) is 119 Å². The summed E-state index contributed by atoms with van der Waals surface area (Å²) in [5.74, 6) is 4.81. The Kier molecular flexibility index (Phi) is 11.1. The molecule has 0 aromatic carbocycles. The molecule has 2 aliphatic rings. The van der Waals surface area contributed by atoms with Crippen LogP contribution < -0.4 is 0 Å². The monoisotopic (exact) mass is 466 g/mol. The Morgan fingerprint density at radius 3 is 2.44 bits per heavy atom. The minimum absolute atomic E-state index is 0.0340. The lowest BCUT2D eigenvalue weighted by molar-refractivity contribution is 0.0351. The van der Waals surface area contributed by atoms with Crippen LogP contribution in [-0.2, 0) is 4.74 Å². The Morgan fingerprint density at radius 1 is 1.16 bits per heavy atom. The van der Waals surface area contributed by atoms with Crippen LogP contribution in [0.4, 0.5) is 4.79 Å². The fraction of sp³-hybridized carbons (Fsp3) is 0.897. The molecule has 2 rings (SSSR count). The molecule has 0 bridgehead atoms. The molecule has 7 atom stereocenters. The van der Waals surface area contributed by atoms with Crippen LogP contribution >= 0.6 is 11.6 Å². The Morgan fingerprint density at radius 2 is 1.84 bits per heavy atom. The van der Waals surface area contributed by atoms with E-state index >= 15 is 0 Å². The predicted molar refractivity (Wildman–Crippen MR) is 138 cm³/mol. The number of fused-ring (bicyclic) bond motifs is 1. The smallest absolute Gasteiger partial charge is 0.404 e. The van der Waals surface area contributed by atoms with E-state index in [1.807, 2.05) is 0 Å². The first kappa shape index (κ1) is 27.7. The van der Waals surface area contributed by atoms with Crippen LogP contribution in [0.15, 0.2) is 11.6 Å². The molecule has 0 aromatic heterocycles. The third kappa shape index (κ3) is 7.25. The van der Waals surface area contributed by atoms with Gasteiger partial charge in [-0.2, -0.15) is 0 Å². The van der Waals surface area contributed by atoms with Crippen molar-refractivity contribution in [1.82, 2.24) is 0 Å². The van der Waals surface area contributed by atoms with Crippen LogP contribution in [0.3, 0.4) is 0 Å². The maximum Gasteiger partial charge on any atom is 0.404 e. The van der Waals surface area contributed by atoms with Crippen molar-refractivity contribution >= 4 is 17.0 Å². The van der Waals surface area contributed by atoms with E-state index in [0.29, 0.717) is 0 Å². The van der Waals surface area contributed by atoms with Crippen molar-refractivity contribution in [1.29, 1.82) is 0 Å². The van der Waals surface area contributed by atoms with Crippen LogP contribution in [0.5, 0.6) is 0 Å². The molecule has 2 aliphatic carbocycles. The molecule has 0 saturated heterocycles. The van der Waals surface area contributed by atoms with Crippen molar-refractivity contribution in [3.63, 3.8) is 0 Å². The lowest BCUT2D eigenvalue weighted by Crippen LogP contribution is -2.43. The summed E-state index contributed by atoms with van der Waals surface area (Å²) in [4.78, 5) is 11.3. The topological polar surface area (TPSA) is 26.3 Å². The largest absolute Gasteiger partial charge is 0.450 e. The molecular formula is C29H51ClO2. The number of rotatable bonds is 12. The number of hydrogen-bond acceptors (Lipinski definition) is 2. The molecule has 0 aromatic rings. The van der Waals surface area contributed by atoms with E-state index in [-0.39, 0.29) is 11.5 Å². The van der Waals surface area contributed by atoms with Crippen molar-refractivity contribution in [3.8, 4) is 0 Å². The van der Waals surface area contributed by atoms with Gasteiger partial charge in [-0.1, -0.05) is 98.6 Å². The highest BCUT2D eigenvalue weighted by molar-refractivity contribution is 6.61. The average molecular weight is 467 g/mol. The maximum absolute atomic E-state index is 11.3. The minimum atomic E-state index is -0.653. The highest BCUT2D eigenvalue weighted by atomic mass is 35.5. The van der Waals surface area contributed by atoms with Gasteiger partial charge in [0.05, 0.1) is 0 Å². The van der Waals surface area contributed by atoms with Gasteiger partial charge >= 0.3 is 5.43 Å². The molecule has 1 fully saturated rings. The Labute approximate surface area is 204 Å². The van der Waals surface area contributed by atoms with Crippen molar-refractivity contribution in [2.45, 2.75) is 125 Å². The van der Waals surface area contributed by atoms with Gasteiger partial charge < -0.3 is 4.74 Å². The molecule has 7 unspecified atom stereocenters. The third-order valence-corrected chi connectivity index (χ3v) is 9.40. The van der Waals surface area contributed by atoms with E-state index in [9.17, 15) is 4.79 Å². The molecule has 0 amide bonds. The van der Waals surface area contributed by atoms with E-state index in [4.69, 9.17) is 16.3 Å². The second kappa shape index (κ2) is 12.8. The predicted octanol–water partition coefficient (Wildman–Crippen LogP) is 9.80. The highest BCUT2D eigenvalue weighted by Gasteiger charge is 2.46. The zero-order valence-electron chi connectivity index (χ0n) is 22.1. The molecule has 186 valence electrons.